The molecule has 2 heterocycles. The molecule has 2 aliphatic heterocycles. The summed E-state index contributed by atoms with van der Waals surface area (Å²) in [5.41, 5.74) is 2.80. The second kappa shape index (κ2) is 6.63. The van der Waals surface area contributed by atoms with Crippen LogP contribution in [0.3, 0.4) is 0 Å². The highest BCUT2D eigenvalue weighted by molar-refractivity contribution is 6.01. The van der Waals surface area contributed by atoms with Gasteiger partial charge in [-0.25, -0.2) is 9.18 Å². The summed E-state index contributed by atoms with van der Waals surface area (Å²) in [5, 5.41) is 5.46. The van der Waals surface area contributed by atoms with E-state index < -0.39 is 11.9 Å². The third-order valence-corrected chi connectivity index (χ3v) is 4.72. The third kappa shape index (κ3) is 3.06. The number of carbonyl (C=O) groups excluding carboxylic acids is 2. The van der Waals surface area contributed by atoms with Gasteiger partial charge in [0.15, 0.2) is 0 Å². The number of amides is 3. The first-order valence-corrected chi connectivity index (χ1v) is 8.51. The van der Waals surface area contributed by atoms with E-state index in [4.69, 9.17) is 0 Å². The van der Waals surface area contributed by atoms with Crippen LogP contribution in [0.5, 0.6) is 0 Å². The smallest absolute Gasteiger partial charge is 0.319 e. The molecule has 0 spiro atoms. The molecule has 4 rings (SSSR count). The van der Waals surface area contributed by atoms with Gasteiger partial charge in [0.1, 0.15) is 5.82 Å². The van der Waals surface area contributed by atoms with Crippen LogP contribution in [0.4, 0.5) is 9.18 Å². The number of hydrogen-bond acceptors (Lipinski definition) is 2. The quantitative estimate of drug-likeness (QED) is 0.889. The Hall–Kier alpha value is -3.15. The molecule has 0 aromatic heterocycles. The second-order valence-corrected chi connectivity index (χ2v) is 6.44. The van der Waals surface area contributed by atoms with Crippen LogP contribution >= 0.6 is 0 Å². The van der Waals surface area contributed by atoms with E-state index >= 15 is 0 Å². The molecule has 2 aromatic carbocycles. The molecule has 3 amide bonds. The van der Waals surface area contributed by atoms with E-state index in [2.05, 4.69) is 10.6 Å². The van der Waals surface area contributed by atoms with E-state index in [9.17, 15) is 14.0 Å². The molecule has 0 saturated carbocycles. The first kappa shape index (κ1) is 16.3. The van der Waals surface area contributed by atoms with Gasteiger partial charge in [0.2, 0.25) is 0 Å². The van der Waals surface area contributed by atoms with Gasteiger partial charge in [0, 0.05) is 6.54 Å². The molecule has 5 nitrogen and oxygen atoms in total. The molecule has 0 saturated heterocycles. The predicted molar refractivity (Wildman–Crippen MR) is 94.6 cm³/mol. The summed E-state index contributed by atoms with van der Waals surface area (Å²) in [6.07, 6.45) is 0.735. The van der Waals surface area contributed by atoms with E-state index in [1.165, 1.54) is 12.1 Å². The van der Waals surface area contributed by atoms with Crippen molar-refractivity contribution in [3.8, 4) is 0 Å². The van der Waals surface area contributed by atoms with Crippen molar-refractivity contribution >= 4 is 11.9 Å². The van der Waals surface area contributed by atoms with E-state index in [1.54, 1.807) is 17.0 Å². The Morgan fingerprint density at radius 2 is 1.88 bits per heavy atom. The zero-order chi connectivity index (χ0) is 18.1. The number of rotatable bonds is 4. The van der Waals surface area contributed by atoms with Crippen LogP contribution in [0.25, 0.3) is 0 Å². The zero-order valence-corrected chi connectivity index (χ0v) is 14.0. The van der Waals surface area contributed by atoms with Crippen molar-refractivity contribution in [1.29, 1.82) is 0 Å². The van der Waals surface area contributed by atoms with Crippen molar-refractivity contribution in [2.24, 2.45) is 0 Å². The SMILES string of the molecule is O=C1NC2=C(C(=O)N(CCc3ccccc3)C2)C(c2cccc(F)c2)N1. The molecule has 6 heteroatoms. The van der Waals surface area contributed by atoms with Gasteiger partial charge in [-0.2, -0.15) is 0 Å². The maximum atomic E-state index is 13.6. The topological polar surface area (TPSA) is 61.4 Å². The van der Waals surface area contributed by atoms with Crippen molar-refractivity contribution in [3.63, 3.8) is 0 Å². The van der Waals surface area contributed by atoms with E-state index in [-0.39, 0.29) is 11.9 Å². The van der Waals surface area contributed by atoms with Gasteiger partial charge >= 0.3 is 6.03 Å². The van der Waals surface area contributed by atoms with Crippen LogP contribution in [-0.2, 0) is 11.2 Å². The number of urea groups is 1. The summed E-state index contributed by atoms with van der Waals surface area (Å²) in [6.45, 7) is 0.918. The highest BCUT2D eigenvalue weighted by atomic mass is 19.1. The normalized spacial score (nSPS) is 19.3. The Bertz CT molecular complexity index is 895. The lowest BCUT2D eigenvalue weighted by Gasteiger charge is -2.25. The number of hydrogen-bond donors (Lipinski definition) is 2. The lowest BCUT2D eigenvalue weighted by atomic mass is 9.96. The monoisotopic (exact) mass is 351 g/mol. The fourth-order valence-corrected chi connectivity index (χ4v) is 3.45. The van der Waals surface area contributed by atoms with Gasteiger partial charge < -0.3 is 15.5 Å². The van der Waals surface area contributed by atoms with Crippen LogP contribution in [0.2, 0.25) is 0 Å². The van der Waals surface area contributed by atoms with Gasteiger partial charge in [0.05, 0.1) is 23.9 Å². The van der Waals surface area contributed by atoms with Crippen molar-refractivity contribution in [1.82, 2.24) is 15.5 Å². The highest BCUT2D eigenvalue weighted by Crippen LogP contribution is 2.32. The first-order chi connectivity index (χ1) is 12.6. The summed E-state index contributed by atoms with van der Waals surface area (Å²) < 4.78 is 13.6. The molecule has 0 radical (unpaired) electrons. The van der Waals surface area contributed by atoms with Crippen LogP contribution in [0, 0.1) is 5.82 Å². The van der Waals surface area contributed by atoms with Crippen LogP contribution < -0.4 is 10.6 Å². The van der Waals surface area contributed by atoms with Gasteiger partial charge in [-0.15, -0.1) is 0 Å². The summed E-state index contributed by atoms with van der Waals surface area (Å²) in [5.74, 6) is -0.526. The number of halogens is 1. The van der Waals surface area contributed by atoms with Gasteiger partial charge in [-0.1, -0.05) is 42.5 Å². The molecule has 0 bridgehead atoms. The van der Waals surface area contributed by atoms with Crippen molar-refractivity contribution in [2.45, 2.75) is 12.5 Å². The minimum absolute atomic E-state index is 0.127. The molecular formula is C20H18FN3O2. The molecule has 26 heavy (non-hydrogen) atoms. The zero-order valence-electron chi connectivity index (χ0n) is 14.0. The molecular weight excluding hydrogens is 333 g/mol. The number of carbonyl (C=O) groups is 2. The molecule has 0 aliphatic carbocycles. The first-order valence-electron chi connectivity index (χ1n) is 8.51. The maximum absolute atomic E-state index is 13.6. The third-order valence-electron chi connectivity index (χ3n) is 4.72. The molecule has 1 atom stereocenters. The van der Waals surface area contributed by atoms with Crippen LogP contribution in [0.15, 0.2) is 65.9 Å². The van der Waals surface area contributed by atoms with Gasteiger partial charge in [-0.3, -0.25) is 4.79 Å². The fourth-order valence-electron chi connectivity index (χ4n) is 3.45. The highest BCUT2D eigenvalue weighted by Gasteiger charge is 2.40. The summed E-state index contributed by atoms with van der Waals surface area (Å²) in [4.78, 5) is 26.6. The molecule has 2 N–H and O–H groups in total. The molecule has 2 aliphatic rings. The Labute approximate surface area is 150 Å². The summed E-state index contributed by atoms with van der Waals surface area (Å²) in [6, 6.07) is 14.9. The summed E-state index contributed by atoms with van der Waals surface area (Å²) >= 11 is 0. The van der Waals surface area contributed by atoms with E-state index in [0.717, 1.165) is 12.0 Å². The molecule has 132 valence electrons. The number of nitrogens with zero attached hydrogens (tertiary/aromatic N) is 1. The average molecular weight is 351 g/mol. The number of benzene rings is 2. The Morgan fingerprint density at radius 3 is 2.65 bits per heavy atom. The maximum Gasteiger partial charge on any atom is 0.319 e. The average Bonchev–Trinajstić information content (AvgIpc) is 2.96. The largest absolute Gasteiger partial charge is 0.333 e. The standard InChI is InChI=1S/C20H18FN3O2/c21-15-8-4-7-14(11-15)18-17-16(22-20(26)23-18)12-24(19(17)25)10-9-13-5-2-1-3-6-13/h1-8,11,18H,9-10,12H2,(H2,22,23,26). The van der Waals surface area contributed by atoms with Crippen molar-refractivity contribution in [2.75, 3.05) is 13.1 Å². The van der Waals surface area contributed by atoms with Crippen LogP contribution in [0.1, 0.15) is 17.2 Å². The fraction of sp³-hybridized carbons (Fsp3) is 0.200. The van der Waals surface area contributed by atoms with Gasteiger partial charge in [0.25, 0.3) is 5.91 Å². The van der Waals surface area contributed by atoms with E-state index in [1.807, 2.05) is 30.3 Å². The van der Waals surface area contributed by atoms with Crippen LogP contribution in [-0.4, -0.2) is 29.9 Å². The molecule has 2 aromatic rings. The Balaban J connectivity index is 1.56. The minimum atomic E-state index is -0.635. The lowest BCUT2D eigenvalue weighted by Crippen LogP contribution is -2.44. The number of nitrogens with one attached hydrogen (secondary N) is 2. The van der Waals surface area contributed by atoms with Crippen molar-refractivity contribution in [3.05, 3.63) is 82.8 Å². The second-order valence-electron chi connectivity index (χ2n) is 6.44. The lowest BCUT2D eigenvalue weighted by molar-refractivity contribution is -0.125. The Morgan fingerprint density at radius 1 is 1.08 bits per heavy atom. The molecule has 0 fully saturated rings. The Kier molecular flexibility index (Phi) is 4.16. The summed E-state index contributed by atoms with van der Waals surface area (Å²) in [7, 11) is 0. The predicted octanol–water partition coefficient (Wildman–Crippen LogP) is 2.52. The molecule has 1 unspecified atom stereocenters. The minimum Gasteiger partial charge on any atom is -0.333 e. The van der Waals surface area contributed by atoms with Gasteiger partial charge in [-0.05, 0) is 29.7 Å². The van der Waals surface area contributed by atoms with E-state index in [0.29, 0.717) is 29.9 Å². The van der Waals surface area contributed by atoms with Crippen molar-refractivity contribution < 1.29 is 14.0 Å².